The third kappa shape index (κ3) is 3.03. The third-order valence-electron chi connectivity index (χ3n) is 3.63. The Balaban J connectivity index is 1.69. The fraction of sp³-hybridized carbons (Fsp3) is 0.312. The van der Waals surface area contributed by atoms with Gasteiger partial charge in [0, 0.05) is 25.1 Å². The van der Waals surface area contributed by atoms with E-state index in [1.54, 1.807) is 24.9 Å². The van der Waals surface area contributed by atoms with Crippen molar-refractivity contribution in [2.45, 2.75) is 19.4 Å². The first-order chi connectivity index (χ1) is 11.1. The Bertz CT molecular complexity index is 766. The number of hydrogen-bond acceptors (Lipinski definition) is 5. The second-order valence-corrected chi connectivity index (χ2v) is 5.32. The molecule has 2 heterocycles. The van der Waals surface area contributed by atoms with E-state index in [0.29, 0.717) is 23.7 Å². The maximum atomic E-state index is 12.3. The second-order valence-electron chi connectivity index (χ2n) is 5.32. The van der Waals surface area contributed by atoms with Crippen LogP contribution in [0.4, 0.5) is 5.82 Å². The quantitative estimate of drug-likeness (QED) is 0.934. The molecule has 0 spiro atoms. The molecule has 1 aromatic heterocycles. The van der Waals surface area contributed by atoms with Crippen LogP contribution in [0.25, 0.3) is 0 Å². The van der Waals surface area contributed by atoms with Gasteiger partial charge in [-0.05, 0) is 19.1 Å². The molecule has 7 nitrogen and oxygen atoms in total. The predicted octanol–water partition coefficient (Wildman–Crippen LogP) is 1.87. The van der Waals surface area contributed by atoms with Gasteiger partial charge in [-0.1, -0.05) is 17.3 Å². The molecule has 23 heavy (non-hydrogen) atoms. The van der Waals surface area contributed by atoms with Crippen molar-refractivity contribution >= 4 is 17.4 Å². The van der Waals surface area contributed by atoms with Crippen molar-refractivity contribution in [1.82, 2.24) is 9.78 Å². The highest BCUT2D eigenvalue weighted by atomic mass is 16.6. The van der Waals surface area contributed by atoms with E-state index in [2.05, 4.69) is 15.6 Å². The van der Waals surface area contributed by atoms with E-state index >= 15 is 0 Å². The minimum Gasteiger partial charge on any atom is -0.496 e. The number of hydrogen-bond donors (Lipinski definition) is 1. The van der Waals surface area contributed by atoms with Gasteiger partial charge in [-0.3, -0.25) is 9.48 Å². The number of nitrogens with one attached hydrogen (secondary N) is 1. The van der Waals surface area contributed by atoms with Crippen LogP contribution >= 0.6 is 0 Å². The molecule has 1 N–H and O–H groups in total. The SMILES string of the molecule is COc1ccccc1C1=NOC(C(=O)Nc2cc(C)nn2C)C1. The van der Waals surface area contributed by atoms with Gasteiger partial charge in [0.2, 0.25) is 6.10 Å². The lowest BCUT2D eigenvalue weighted by Crippen LogP contribution is -2.28. The smallest absolute Gasteiger partial charge is 0.269 e. The molecule has 1 atom stereocenters. The molecule has 0 aliphatic carbocycles. The van der Waals surface area contributed by atoms with E-state index in [-0.39, 0.29) is 5.91 Å². The van der Waals surface area contributed by atoms with Crippen LogP contribution in [0.3, 0.4) is 0 Å². The summed E-state index contributed by atoms with van der Waals surface area (Å²) in [5.74, 6) is 1.08. The minimum absolute atomic E-state index is 0.248. The van der Waals surface area contributed by atoms with Gasteiger partial charge < -0.3 is 14.9 Å². The summed E-state index contributed by atoms with van der Waals surface area (Å²) in [5, 5.41) is 11.0. The molecule has 1 aromatic carbocycles. The molecule has 1 amide bonds. The van der Waals surface area contributed by atoms with Gasteiger partial charge in [-0.2, -0.15) is 5.10 Å². The molecule has 1 aliphatic heterocycles. The van der Waals surface area contributed by atoms with Gasteiger partial charge in [0.15, 0.2) is 0 Å². The number of rotatable bonds is 4. The maximum absolute atomic E-state index is 12.3. The number of oxime groups is 1. The third-order valence-corrected chi connectivity index (χ3v) is 3.63. The monoisotopic (exact) mass is 314 g/mol. The first kappa shape index (κ1) is 15.1. The molecule has 120 valence electrons. The number of carbonyl (C=O) groups is 1. The van der Waals surface area contributed by atoms with Crippen molar-refractivity contribution in [2.24, 2.45) is 12.2 Å². The first-order valence-corrected chi connectivity index (χ1v) is 7.26. The number of carbonyl (C=O) groups excluding carboxylic acids is 1. The molecule has 0 fully saturated rings. The number of nitrogens with zero attached hydrogens (tertiary/aromatic N) is 3. The van der Waals surface area contributed by atoms with Crippen LogP contribution in [0.1, 0.15) is 17.7 Å². The van der Waals surface area contributed by atoms with Crippen molar-refractivity contribution in [3.05, 3.63) is 41.6 Å². The van der Waals surface area contributed by atoms with Crippen molar-refractivity contribution in [1.29, 1.82) is 0 Å². The number of aromatic nitrogens is 2. The van der Waals surface area contributed by atoms with Gasteiger partial charge in [-0.25, -0.2) is 0 Å². The number of methoxy groups -OCH3 is 1. The van der Waals surface area contributed by atoms with E-state index < -0.39 is 6.10 Å². The fourth-order valence-electron chi connectivity index (χ4n) is 2.49. The number of ether oxygens (including phenoxy) is 1. The highest BCUT2D eigenvalue weighted by molar-refractivity contribution is 6.07. The minimum atomic E-state index is -0.662. The average molecular weight is 314 g/mol. The van der Waals surface area contributed by atoms with Gasteiger partial charge in [-0.15, -0.1) is 0 Å². The normalized spacial score (nSPS) is 16.7. The highest BCUT2D eigenvalue weighted by Crippen LogP contribution is 2.25. The zero-order chi connectivity index (χ0) is 16.4. The van der Waals surface area contributed by atoms with Gasteiger partial charge in [0.25, 0.3) is 5.91 Å². The summed E-state index contributed by atoms with van der Waals surface area (Å²) in [5.41, 5.74) is 2.37. The molecule has 7 heteroatoms. The lowest BCUT2D eigenvalue weighted by atomic mass is 10.0. The Morgan fingerprint density at radius 2 is 2.22 bits per heavy atom. The Morgan fingerprint density at radius 3 is 2.91 bits per heavy atom. The molecular weight excluding hydrogens is 296 g/mol. The summed E-state index contributed by atoms with van der Waals surface area (Å²) in [4.78, 5) is 17.6. The molecule has 0 saturated heterocycles. The summed E-state index contributed by atoms with van der Waals surface area (Å²) in [6.45, 7) is 1.87. The Morgan fingerprint density at radius 1 is 1.43 bits per heavy atom. The average Bonchev–Trinajstić information content (AvgIpc) is 3.14. The van der Waals surface area contributed by atoms with Crippen LogP contribution in [-0.2, 0) is 16.7 Å². The molecular formula is C16H18N4O3. The standard InChI is InChI=1S/C16H18N4O3/c1-10-8-15(20(2)18-10)17-16(21)14-9-12(19-23-14)11-6-4-5-7-13(11)22-3/h4-8,14H,9H2,1-3H3,(H,17,21). The summed E-state index contributed by atoms with van der Waals surface area (Å²) in [6, 6.07) is 9.32. The number of amides is 1. The molecule has 2 aromatic rings. The van der Waals surface area contributed by atoms with E-state index in [1.165, 1.54) is 0 Å². The maximum Gasteiger partial charge on any atom is 0.269 e. The molecule has 0 radical (unpaired) electrons. The topological polar surface area (TPSA) is 77.7 Å². The van der Waals surface area contributed by atoms with Gasteiger partial charge >= 0.3 is 0 Å². The number of benzene rings is 1. The molecule has 0 bridgehead atoms. The lowest BCUT2D eigenvalue weighted by Gasteiger charge is -2.09. The molecule has 0 saturated carbocycles. The highest BCUT2D eigenvalue weighted by Gasteiger charge is 2.30. The van der Waals surface area contributed by atoms with Crippen molar-refractivity contribution < 1.29 is 14.4 Å². The van der Waals surface area contributed by atoms with Gasteiger partial charge in [0.1, 0.15) is 11.6 Å². The summed E-state index contributed by atoms with van der Waals surface area (Å²) in [7, 11) is 3.37. The van der Waals surface area contributed by atoms with Crippen molar-refractivity contribution in [3.63, 3.8) is 0 Å². The van der Waals surface area contributed by atoms with Crippen LogP contribution in [-0.4, -0.2) is 34.6 Å². The molecule has 1 aliphatic rings. The van der Waals surface area contributed by atoms with E-state index in [9.17, 15) is 4.79 Å². The second kappa shape index (κ2) is 6.12. The van der Waals surface area contributed by atoms with Crippen LogP contribution in [0, 0.1) is 6.92 Å². The van der Waals surface area contributed by atoms with E-state index in [0.717, 1.165) is 11.3 Å². The summed E-state index contributed by atoms with van der Waals surface area (Å²) < 4.78 is 6.93. The summed E-state index contributed by atoms with van der Waals surface area (Å²) >= 11 is 0. The van der Waals surface area contributed by atoms with Crippen LogP contribution < -0.4 is 10.1 Å². The summed E-state index contributed by atoms with van der Waals surface area (Å²) in [6.07, 6.45) is -0.270. The van der Waals surface area contributed by atoms with Crippen LogP contribution in [0.2, 0.25) is 0 Å². The Kier molecular flexibility index (Phi) is 4.01. The van der Waals surface area contributed by atoms with Gasteiger partial charge in [0.05, 0.1) is 18.5 Å². The number of aryl methyl sites for hydroxylation is 2. The Labute approximate surface area is 133 Å². The first-order valence-electron chi connectivity index (χ1n) is 7.26. The van der Waals surface area contributed by atoms with E-state index in [4.69, 9.17) is 9.57 Å². The van der Waals surface area contributed by atoms with Crippen LogP contribution in [0.15, 0.2) is 35.5 Å². The largest absolute Gasteiger partial charge is 0.496 e. The Hall–Kier alpha value is -2.83. The number of para-hydroxylation sites is 1. The lowest BCUT2D eigenvalue weighted by molar-refractivity contribution is -0.125. The fourth-order valence-corrected chi connectivity index (χ4v) is 2.49. The molecule has 1 unspecified atom stereocenters. The van der Waals surface area contributed by atoms with Crippen molar-refractivity contribution in [2.75, 3.05) is 12.4 Å². The molecule has 3 rings (SSSR count). The van der Waals surface area contributed by atoms with E-state index in [1.807, 2.05) is 31.2 Å². The zero-order valence-corrected chi connectivity index (χ0v) is 13.2. The zero-order valence-electron chi connectivity index (χ0n) is 13.2. The van der Waals surface area contributed by atoms with Crippen LogP contribution in [0.5, 0.6) is 5.75 Å². The van der Waals surface area contributed by atoms with Crippen molar-refractivity contribution in [3.8, 4) is 5.75 Å². The number of anilines is 1. The predicted molar refractivity (Wildman–Crippen MR) is 85.6 cm³/mol.